The average Bonchev–Trinajstić information content (AvgIpc) is 3.25. The molecule has 30 heavy (non-hydrogen) atoms. The van der Waals surface area contributed by atoms with E-state index < -0.39 is 10.0 Å². The Bertz CT molecular complexity index is 1030. The Balaban J connectivity index is 1.52. The molecule has 2 N–H and O–H groups in total. The Morgan fingerprint density at radius 2 is 1.77 bits per heavy atom. The second-order valence-corrected chi connectivity index (χ2v) is 9.54. The van der Waals surface area contributed by atoms with Crippen LogP contribution in [0.15, 0.2) is 47.4 Å². The van der Waals surface area contributed by atoms with Gasteiger partial charge in [-0.05, 0) is 80.4 Å². The Hall–Kier alpha value is -2.49. The zero-order valence-electron chi connectivity index (χ0n) is 17.0. The highest BCUT2D eigenvalue weighted by Crippen LogP contribution is 2.22. The molecule has 1 aliphatic rings. The fourth-order valence-electron chi connectivity index (χ4n) is 3.12. The monoisotopic (exact) mass is 447 g/mol. The number of nitrogens with zero attached hydrogens (tertiary/aromatic N) is 1. The molecule has 0 radical (unpaired) electrons. The highest BCUT2D eigenvalue weighted by Gasteiger charge is 2.26. The molecule has 0 bridgehead atoms. The van der Waals surface area contributed by atoms with Crippen LogP contribution in [0.1, 0.15) is 24.0 Å². The molecule has 1 saturated heterocycles. The molecule has 0 aliphatic carbocycles. The third-order valence-electron chi connectivity index (χ3n) is 4.77. The minimum absolute atomic E-state index is 0.111. The third-order valence-corrected chi connectivity index (χ3v) is 6.89. The number of thiocarbonyl (C=S) groups is 1. The fraction of sp³-hybridized carbons (Fsp3) is 0.333. The van der Waals surface area contributed by atoms with E-state index in [1.54, 1.807) is 12.1 Å². The average molecular weight is 448 g/mol. The minimum Gasteiger partial charge on any atom is -0.483 e. The van der Waals surface area contributed by atoms with E-state index in [9.17, 15) is 13.2 Å². The number of carbonyl (C=O) groups excluding carboxylic acids is 1. The molecule has 1 heterocycles. The van der Waals surface area contributed by atoms with Gasteiger partial charge in [0.1, 0.15) is 5.75 Å². The number of benzene rings is 2. The van der Waals surface area contributed by atoms with Gasteiger partial charge in [0, 0.05) is 18.8 Å². The molecule has 1 amide bonds. The second-order valence-electron chi connectivity index (χ2n) is 7.20. The first-order valence-corrected chi connectivity index (χ1v) is 11.5. The van der Waals surface area contributed by atoms with E-state index in [1.807, 2.05) is 32.0 Å². The number of carbonyl (C=O) groups is 1. The van der Waals surface area contributed by atoms with Gasteiger partial charge in [-0.15, -0.1) is 0 Å². The van der Waals surface area contributed by atoms with Crippen LogP contribution in [0.25, 0.3) is 0 Å². The molecular formula is C21H25N3O4S2. The van der Waals surface area contributed by atoms with E-state index >= 15 is 0 Å². The normalized spacial score (nSPS) is 14.3. The Morgan fingerprint density at radius 3 is 2.43 bits per heavy atom. The zero-order valence-corrected chi connectivity index (χ0v) is 18.6. The standard InChI is InChI=1S/C21H25N3O4S2/c1-15-5-6-16(2)19(13-15)28-14-20(25)23-21(29)22-17-7-9-18(10-8-17)30(26,27)24-11-3-4-12-24/h5-10,13H,3-4,11-12,14H2,1-2H3,(H2,22,23,25,29). The SMILES string of the molecule is Cc1ccc(C)c(OCC(=O)NC(=S)Nc2ccc(S(=O)(=O)N3CCCC3)cc2)c1. The van der Waals surface area contributed by atoms with Crippen LogP contribution in [-0.2, 0) is 14.8 Å². The summed E-state index contributed by atoms with van der Waals surface area (Å²) in [6, 6.07) is 12.1. The highest BCUT2D eigenvalue weighted by molar-refractivity contribution is 7.89. The molecule has 3 rings (SSSR count). The van der Waals surface area contributed by atoms with Gasteiger partial charge in [0.05, 0.1) is 4.90 Å². The van der Waals surface area contributed by atoms with Crippen molar-refractivity contribution >= 4 is 38.9 Å². The molecule has 7 nitrogen and oxygen atoms in total. The summed E-state index contributed by atoms with van der Waals surface area (Å²) in [5.74, 6) is 0.264. The van der Waals surface area contributed by atoms with Crippen LogP contribution in [0.2, 0.25) is 0 Å². The predicted octanol–water partition coefficient (Wildman–Crippen LogP) is 2.98. The molecule has 2 aromatic carbocycles. The first-order chi connectivity index (χ1) is 14.3. The summed E-state index contributed by atoms with van der Waals surface area (Å²) in [5.41, 5.74) is 2.57. The third kappa shape index (κ3) is 5.56. The summed E-state index contributed by atoms with van der Waals surface area (Å²) in [6.45, 7) is 4.81. The molecule has 0 aromatic heterocycles. The molecule has 2 aromatic rings. The van der Waals surface area contributed by atoms with E-state index in [4.69, 9.17) is 17.0 Å². The molecule has 1 fully saturated rings. The highest BCUT2D eigenvalue weighted by atomic mass is 32.2. The summed E-state index contributed by atoms with van der Waals surface area (Å²) in [6.07, 6.45) is 1.78. The van der Waals surface area contributed by atoms with E-state index in [2.05, 4.69) is 10.6 Å². The van der Waals surface area contributed by atoms with Crippen LogP contribution in [0.3, 0.4) is 0 Å². The Kier molecular flexibility index (Phi) is 7.06. The van der Waals surface area contributed by atoms with Crippen molar-refractivity contribution in [2.24, 2.45) is 0 Å². The molecule has 9 heteroatoms. The first-order valence-electron chi connectivity index (χ1n) is 9.67. The number of nitrogens with one attached hydrogen (secondary N) is 2. The van der Waals surface area contributed by atoms with Gasteiger partial charge in [-0.25, -0.2) is 8.42 Å². The number of anilines is 1. The van der Waals surface area contributed by atoms with Crippen LogP contribution in [-0.4, -0.2) is 43.4 Å². The Morgan fingerprint density at radius 1 is 1.10 bits per heavy atom. The van der Waals surface area contributed by atoms with Gasteiger partial charge in [0.25, 0.3) is 5.91 Å². The van der Waals surface area contributed by atoms with Crippen molar-refractivity contribution in [3.63, 3.8) is 0 Å². The van der Waals surface area contributed by atoms with E-state index in [0.29, 0.717) is 24.5 Å². The number of ether oxygens (including phenoxy) is 1. The predicted molar refractivity (Wildman–Crippen MR) is 120 cm³/mol. The van der Waals surface area contributed by atoms with Crippen LogP contribution in [0.5, 0.6) is 5.75 Å². The first kappa shape index (κ1) is 22.2. The van der Waals surface area contributed by atoms with Gasteiger partial charge < -0.3 is 10.1 Å². The van der Waals surface area contributed by atoms with Crippen molar-refractivity contribution in [2.45, 2.75) is 31.6 Å². The fourth-order valence-corrected chi connectivity index (χ4v) is 4.87. The molecule has 0 unspecified atom stereocenters. The van der Waals surface area contributed by atoms with Gasteiger partial charge in [-0.3, -0.25) is 10.1 Å². The summed E-state index contributed by atoms with van der Waals surface area (Å²) in [7, 11) is -3.46. The van der Waals surface area contributed by atoms with Crippen LogP contribution >= 0.6 is 12.2 Å². The molecule has 0 spiro atoms. The van der Waals surface area contributed by atoms with Gasteiger partial charge >= 0.3 is 0 Å². The number of hydrogen-bond donors (Lipinski definition) is 2. The topological polar surface area (TPSA) is 87.7 Å². The van der Waals surface area contributed by atoms with Crippen molar-refractivity contribution in [2.75, 3.05) is 25.0 Å². The van der Waals surface area contributed by atoms with E-state index in [-0.39, 0.29) is 22.5 Å². The quantitative estimate of drug-likeness (QED) is 0.662. The minimum atomic E-state index is -3.46. The smallest absolute Gasteiger partial charge is 0.264 e. The lowest BCUT2D eigenvalue weighted by Gasteiger charge is -2.16. The summed E-state index contributed by atoms with van der Waals surface area (Å²) in [5, 5.41) is 5.54. The zero-order chi connectivity index (χ0) is 21.7. The maximum Gasteiger partial charge on any atom is 0.264 e. The second kappa shape index (κ2) is 9.55. The molecule has 1 aliphatic heterocycles. The van der Waals surface area contributed by atoms with Gasteiger partial charge in [-0.1, -0.05) is 12.1 Å². The van der Waals surface area contributed by atoms with E-state index in [1.165, 1.54) is 16.4 Å². The van der Waals surface area contributed by atoms with Crippen molar-refractivity contribution < 1.29 is 17.9 Å². The largest absolute Gasteiger partial charge is 0.483 e. The lowest BCUT2D eigenvalue weighted by atomic mass is 10.1. The summed E-state index contributed by atoms with van der Waals surface area (Å²) >= 11 is 5.16. The molecule has 160 valence electrons. The lowest BCUT2D eigenvalue weighted by Crippen LogP contribution is -2.37. The van der Waals surface area contributed by atoms with Gasteiger partial charge in [0.2, 0.25) is 10.0 Å². The van der Waals surface area contributed by atoms with Crippen molar-refractivity contribution in [1.29, 1.82) is 0 Å². The van der Waals surface area contributed by atoms with E-state index in [0.717, 1.165) is 24.0 Å². The van der Waals surface area contributed by atoms with Crippen LogP contribution < -0.4 is 15.4 Å². The Labute approximate surface area is 182 Å². The van der Waals surface area contributed by atoms with Gasteiger partial charge in [0.15, 0.2) is 11.7 Å². The molecule has 0 atom stereocenters. The number of amides is 1. The summed E-state index contributed by atoms with van der Waals surface area (Å²) < 4.78 is 32.2. The number of aryl methyl sites for hydroxylation is 2. The van der Waals surface area contributed by atoms with Crippen molar-refractivity contribution in [3.8, 4) is 5.75 Å². The summed E-state index contributed by atoms with van der Waals surface area (Å²) in [4.78, 5) is 12.3. The maximum atomic E-state index is 12.6. The number of sulfonamides is 1. The van der Waals surface area contributed by atoms with Crippen molar-refractivity contribution in [1.82, 2.24) is 9.62 Å². The van der Waals surface area contributed by atoms with Crippen LogP contribution in [0, 0.1) is 13.8 Å². The number of hydrogen-bond acceptors (Lipinski definition) is 5. The van der Waals surface area contributed by atoms with Crippen molar-refractivity contribution in [3.05, 3.63) is 53.6 Å². The van der Waals surface area contributed by atoms with Gasteiger partial charge in [-0.2, -0.15) is 4.31 Å². The van der Waals surface area contributed by atoms with Crippen LogP contribution in [0.4, 0.5) is 5.69 Å². The number of rotatable bonds is 6. The molecular weight excluding hydrogens is 422 g/mol. The molecule has 0 saturated carbocycles. The maximum absolute atomic E-state index is 12.6. The lowest BCUT2D eigenvalue weighted by molar-refractivity contribution is -0.121.